The minimum atomic E-state index is -0.287. The van der Waals surface area contributed by atoms with Gasteiger partial charge in [0.1, 0.15) is 33.4 Å². The Hall–Kier alpha value is -4.72. The summed E-state index contributed by atoms with van der Waals surface area (Å²) < 4.78 is 0. The zero-order valence-electron chi connectivity index (χ0n) is 29.9. The van der Waals surface area contributed by atoms with Crippen LogP contribution in [0.25, 0.3) is 44.6 Å². The summed E-state index contributed by atoms with van der Waals surface area (Å²) in [5, 5.41) is 43.3. The van der Waals surface area contributed by atoms with Crippen molar-refractivity contribution in [2.75, 3.05) is 0 Å². The van der Waals surface area contributed by atoms with Crippen LogP contribution in [0.5, 0.6) is 11.5 Å². The standard InChI is InChI=1S/C40H48N6O2/c1-37(2,3)23-39(7,8)25-19-27(35(47)33(21-25)45-41-29-15-11-12-16-30(29)42-45)28-20-26(40(9,10)24-38(4,5)6)22-34(36(28)48)46-43-31-17-13-14-18-32(31)44-46/h11-22,47-48H,23-24H2,1-10H3. The van der Waals surface area contributed by atoms with Gasteiger partial charge in [-0.15, -0.1) is 30.0 Å². The molecule has 2 N–H and O–H groups in total. The number of phenolic OH excluding ortho intramolecular Hbond substituents is 2. The number of hydrogen-bond acceptors (Lipinski definition) is 6. The van der Waals surface area contributed by atoms with E-state index in [0.29, 0.717) is 22.5 Å². The van der Waals surface area contributed by atoms with Crippen molar-refractivity contribution >= 4 is 22.1 Å². The SMILES string of the molecule is CC(C)(C)CC(C)(C)c1cc(-c2cc(C(C)(C)CC(C)(C)C)cc(-n3nc4ccccc4n3)c2O)c(O)c(-n2nc3ccccc3n2)c1. The van der Waals surface area contributed by atoms with Gasteiger partial charge in [0.25, 0.3) is 0 Å². The molecule has 6 rings (SSSR count). The Kier molecular flexibility index (Phi) is 7.93. The molecule has 0 saturated heterocycles. The zero-order chi connectivity index (χ0) is 34.8. The van der Waals surface area contributed by atoms with Crippen molar-refractivity contribution in [1.29, 1.82) is 0 Å². The smallest absolute Gasteiger partial charge is 0.151 e. The third-order valence-electron chi connectivity index (χ3n) is 8.98. The summed E-state index contributed by atoms with van der Waals surface area (Å²) in [6.07, 6.45) is 1.77. The summed E-state index contributed by atoms with van der Waals surface area (Å²) in [4.78, 5) is 3.01. The lowest BCUT2D eigenvalue weighted by molar-refractivity contribution is 0.283. The molecule has 6 aromatic rings. The van der Waals surface area contributed by atoms with E-state index < -0.39 is 0 Å². The Morgan fingerprint density at radius 3 is 1.04 bits per heavy atom. The molecule has 8 heteroatoms. The number of hydrogen-bond donors (Lipinski definition) is 2. The predicted octanol–water partition coefficient (Wildman–Crippen LogP) is 9.66. The fraction of sp³-hybridized carbons (Fsp3) is 0.400. The number of fused-ring (bicyclic) bond motifs is 2. The molecule has 2 aromatic heterocycles. The topological polar surface area (TPSA) is 102 Å². The Morgan fingerprint density at radius 2 is 0.771 bits per heavy atom. The molecule has 250 valence electrons. The lowest BCUT2D eigenvalue weighted by Crippen LogP contribution is -2.25. The molecule has 4 aromatic carbocycles. The van der Waals surface area contributed by atoms with E-state index in [9.17, 15) is 10.2 Å². The van der Waals surface area contributed by atoms with E-state index in [2.05, 4.69) is 69.2 Å². The van der Waals surface area contributed by atoms with Crippen molar-refractivity contribution in [3.63, 3.8) is 0 Å². The molecule has 0 amide bonds. The van der Waals surface area contributed by atoms with Crippen molar-refractivity contribution in [3.8, 4) is 34.0 Å². The number of rotatable bonds is 7. The van der Waals surface area contributed by atoms with Gasteiger partial charge in [0, 0.05) is 11.1 Å². The van der Waals surface area contributed by atoms with E-state index >= 15 is 0 Å². The maximum atomic E-state index is 12.2. The molecule has 0 aliphatic heterocycles. The van der Waals surface area contributed by atoms with Gasteiger partial charge in [-0.3, -0.25) is 0 Å². The zero-order valence-corrected chi connectivity index (χ0v) is 29.9. The summed E-state index contributed by atoms with van der Waals surface area (Å²) in [5.41, 5.74) is 6.32. The van der Waals surface area contributed by atoms with Gasteiger partial charge in [0.05, 0.1) is 0 Å². The van der Waals surface area contributed by atoms with Crippen LogP contribution in [0.1, 0.15) is 93.2 Å². The summed E-state index contributed by atoms with van der Waals surface area (Å²) in [6.45, 7) is 22.3. The molecule has 0 radical (unpaired) electrons. The quantitative estimate of drug-likeness (QED) is 0.179. The van der Waals surface area contributed by atoms with Crippen LogP contribution < -0.4 is 0 Å². The van der Waals surface area contributed by atoms with Gasteiger partial charge in [-0.2, -0.15) is 0 Å². The Bertz CT molecular complexity index is 1920. The van der Waals surface area contributed by atoms with E-state index in [0.717, 1.165) is 46.0 Å². The number of aromatic nitrogens is 6. The molecule has 0 bridgehead atoms. The molecule has 0 atom stereocenters. The number of nitrogens with zero attached hydrogens (tertiary/aromatic N) is 6. The van der Waals surface area contributed by atoms with Crippen molar-refractivity contribution in [2.45, 2.75) is 92.9 Å². The van der Waals surface area contributed by atoms with Crippen molar-refractivity contribution in [2.24, 2.45) is 10.8 Å². The first kappa shape index (κ1) is 33.2. The summed E-state index contributed by atoms with van der Waals surface area (Å²) in [7, 11) is 0. The van der Waals surface area contributed by atoms with Crippen LogP contribution in [0.3, 0.4) is 0 Å². The maximum Gasteiger partial charge on any atom is 0.151 e. The first-order valence-electron chi connectivity index (χ1n) is 16.7. The highest BCUT2D eigenvalue weighted by Crippen LogP contribution is 2.48. The third-order valence-corrected chi connectivity index (χ3v) is 8.98. The van der Waals surface area contributed by atoms with Gasteiger partial charge < -0.3 is 10.2 Å². The number of benzene rings is 4. The second-order valence-corrected chi connectivity index (χ2v) is 17.0. The van der Waals surface area contributed by atoms with Crippen LogP contribution in [0, 0.1) is 10.8 Å². The van der Waals surface area contributed by atoms with Gasteiger partial charge in [-0.05, 0) is 94.2 Å². The maximum absolute atomic E-state index is 12.2. The second kappa shape index (κ2) is 11.5. The van der Waals surface area contributed by atoms with Crippen LogP contribution in [-0.2, 0) is 10.8 Å². The van der Waals surface area contributed by atoms with Gasteiger partial charge in [0.2, 0.25) is 0 Å². The van der Waals surface area contributed by atoms with Gasteiger partial charge >= 0.3 is 0 Å². The van der Waals surface area contributed by atoms with E-state index in [1.165, 1.54) is 9.59 Å². The molecule has 48 heavy (non-hydrogen) atoms. The van der Waals surface area contributed by atoms with Crippen molar-refractivity contribution < 1.29 is 10.2 Å². The highest BCUT2D eigenvalue weighted by atomic mass is 16.3. The molecule has 0 aliphatic rings. The minimum Gasteiger partial charge on any atom is -0.505 e. The van der Waals surface area contributed by atoms with Crippen LogP contribution >= 0.6 is 0 Å². The molecule has 0 saturated carbocycles. The molecule has 0 spiro atoms. The highest BCUT2D eigenvalue weighted by Gasteiger charge is 2.33. The molecule has 0 aliphatic carbocycles. The average Bonchev–Trinajstić information content (AvgIpc) is 3.59. The Labute approximate surface area is 283 Å². The lowest BCUT2D eigenvalue weighted by atomic mass is 9.71. The Balaban J connectivity index is 1.66. The fourth-order valence-corrected chi connectivity index (χ4v) is 7.53. The normalized spacial score (nSPS) is 13.1. The van der Waals surface area contributed by atoms with Gasteiger partial charge in [0.15, 0.2) is 11.5 Å². The van der Waals surface area contributed by atoms with E-state index in [-0.39, 0.29) is 33.2 Å². The first-order chi connectivity index (χ1) is 22.3. The molecule has 0 unspecified atom stereocenters. The van der Waals surface area contributed by atoms with E-state index in [4.69, 9.17) is 20.4 Å². The summed E-state index contributed by atoms with van der Waals surface area (Å²) in [6, 6.07) is 23.3. The highest BCUT2D eigenvalue weighted by molar-refractivity contribution is 5.84. The van der Waals surface area contributed by atoms with Crippen LogP contribution in [0.2, 0.25) is 0 Å². The predicted molar refractivity (Wildman–Crippen MR) is 194 cm³/mol. The minimum absolute atomic E-state index is 0.0174. The molecular weight excluding hydrogens is 596 g/mol. The Morgan fingerprint density at radius 1 is 0.479 bits per heavy atom. The fourth-order valence-electron chi connectivity index (χ4n) is 7.53. The first-order valence-corrected chi connectivity index (χ1v) is 16.7. The van der Waals surface area contributed by atoms with Gasteiger partial charge in [-0.1, -0.05) is 93.5 Å². The van der Waals surface area contributed by atoms with Crippen LogP contribution in [0.15, 0.2) is 72.8 Å². The molecule has 0 fully saturated rings. The van der Waals surface area contributed by atoms with Crippen LogP contribution in [0.4, 0.5) is 0 Å². The second-order valence-electron chi connectivity index (χ2n) is 17.0. The van der Waals surface area contributed by atoms with Crippen molar-refractivity contribution in [3.05, 3.63) is 83.9 Å². The van der Waals surface area contributed by atoms with Gasteiger partial charge in [-0.25, -0.2) is 0 Å². The monoisotopic (exact) mass is 644 g/mol. The largest absolute Gasteiger partial charge is 0.505 e. The van der Waals surface area contributed by atoms with E-state index in [1.807, 2.05) is 72.8 Å². The average molecular weight is 645 g/mol. The molecule has 2 heterocycles. The lowest BCUT2D eigenvalue weighted by Gasteiger charge is -2.34. The summed E-state index contributed by atoms with van der Waals surface area (Å²) in [5.74, 6) is -0.0348. The third kappa shape index (κ3) is 6.53. The number of aromatic hydroxyl groups is 2. The van der Waals surface area contributed by atoms with E-state index in [1.54, 1.807) is 0 Å². The van der Waals surface area contributed by atoms with Crippen molar-refractivity contribution in [1.82, 2.24) is 30.0 Å². The summed E-state index contributed by atoms with van der Waals surface area (Å²) >= 11 is 0. The molecular formula is C40H48N6O2. The molecule has 8 nitrogen and oxygen atoms in total. The number of phenols is 2. The van der Waals surface area contributed by atoms with Crippen LogP contribution in [-0.4, -0.2) is 40.2 Å².